The molecule has 2 fully saturated rings. The van der Waals surface area contributed by atoms with Crippen LogP contribution in [-0.4, -0.2) is 37.5 Å². The highest BCUT2D eigenvalue weighted by atomic mass is 16.1. The Labute approximate surface area is 249 Å². The van der Waals surface area contributed by atoms with Crippen molar-refractivity contribution in [2.24, 2.45) is 10.8 Å². The SMILES string of the molecule is C=C/C=C\C(=C/C)C1(C)CCCCC1.CC.CC.CCNC(C)=O.CN1CCC2(CCC3=C2C=CCC=C3)CC1. The molecule has 3 nitrogen and oxygen atoms in total. The molecule has 1 spiro atoms. The van der Waals surface area contributed by atoms with Crippen molar-refractivity contribution < 1.29 is 4.79 Å². The summed E-state index contributed by atoms with van der Waals surface area (Å²) in [6.07, 6.45) is 31.2. The van der Waals surface area contributed by atoms with E-state index in [1.807, 2.05) is 40.7 Å². The molecule has 0 atom stereocenters. The zero-order valence-electron chi connectivity index (χ0n) is 27.9. The molecular weight excluding hydrogens is 488 g/mol. The third-order valence-electron chi connectivity index (χ3n) is 8.41. The summed E-state index contributed by atoms with van der Waals surface area (Å²) in [5, 5.41) is 2.57. The Balaban J connectivity index is 0.000000580. The van der Waals surface area contributed by atoms with Crippen LogP contribution in [0.2, 0.25) is 0 Å². The fourth-order valence-electron chi connectivity index (χ4n) is 6.17. The molecule has 1 aliphatic heterocycles. The smallest absolute Gasteiger partial charge is 0.216 e. The molecule has 1 amide bonds. The molecule has 3 aliphatic carbocycles. The monoisotopic (exact) mass is 553 g/mol. The van der Waals surface area contributed by atoms with Crippen LogP contribution in [0.3, 0.4) is 0 Å². The summed E-state index contributed by atoms with van der Waals surface area (Å²) in [4.78, 5) is 12.4. The minimum absolute atomic E-state index is 0.0394. The first kappa shape index (κ1) is 37.9. The first-order valence-electron chi connectivity index (χ1n) is 16.3. The maximum absolute atomic E-state index is 9.93. The van der Waals surface area contributed by atoms with Gasteiger partial charge in [0.15, 0.2) is 0 Å². The number of piperidine rings is 1. The van der Waals surface area contributed by atoms with Crippen molar-refractivity contribution in [3.63, 3.8) is 0 Å². The average Bonchev–Trinajstić information content (AvgIpc) is 3.12. The number of rotatable bonds is 4. The van der Waals surface area contributed by atoms with E-state index in [9.17, 15) is 4.79 Å². The molecule has 0 aromatic carbocycles. The van der Waals surface area contributed by atoms with Crippen molar-refractivity contribution in [3.05, 3.63) is 71.9 Å². The molecule has 0 aromatic heterocycles. The summed E-state index contributed by atoms with van der Waals surface area (Å²) in [5.41, 5.74) is 5.74. The topological polar surface area (TPSA) is 32.3 Å². The highest BCUT2D eigenvalue weighted by Crippen LogP contribution is 2.51. The molecule has 4 aliphatic rings. The summed E-state index contributed by atoms with van der Waals surface area (Å²) < 4.78 is 0. The molecule has 1 N–H and O–H groups in total. The van der Waals surface area contributed by atoms with Crippen LogP contribution in [0.5, 0.6) is 0 Å². The number of nitrogens with zero attached hydrogens (tertiary/aromatic N) is 1. The van der Waals surface area contributed by atoms with Gasteiger partial charge in [0.05, 0.1) is 0 Å². The maximum atomic E-state index is 9.93. The zero-order chi connectivity index (χ0) is 30.4. The summed E-state index contributed by atoms with van der Waals surface area (Å²) in [5.74, 6) is 0.0394. The number of allylic oxidation sites excluding steroid dienone is 11. The van der Waals surface area contributed by atoms with Gasteiger partial charge in [0.25, 0.3) is 0 Å². The van der Waals surface area contributed by atoms with Crippen LogP contribution in [-0.2, 0) is 4.79 Å². The van der Waals surface area contributed by atoms with Gasteiger partial charge < -0.3 is 10.2 Å². The highest BCUT2D eigenvalue weighted by molar-refractivity contribution is 5.72. The number of carbonyl (C=O) groups is 1. The van der Waals surface area contributed by atoms with Crippen LogP contribution in [0.25, 0.3) is 0 Å². The van der Waals surface area contributed by atoms with Crippen LogP contribution in [0.4, 0.5) is 0 Å². The van der Waals surface area contributed by atoms with Crippen molar-refractivity contribution in [2.45, 2.75) is 120 Å². The molecule has 1 heterocycles. The highest BCUT2D eigenvalue weighted by Gasteiger charge is 2.40. The van der Waals surface area contributed by atoms with Crippen molar-refractivity contribution in [2.75, 3.05) is 26.7 Å². The van der Waals surface area contributed by atoms with Crippen molar-refractivity contribution >= 4 is 5.91 Å². The summed E-state index contributed by atoms with van der Waals surface area (Å²) in [6, 6.07) is 0. The second-order valence-corrected chi connectivity index (χ2v) is 11.1. The Morgan fingerprint density at radius 2 is 1.60 bits per heavy atom. The zero-order valence-corrected chi connectivity index (χ0v) is 27.9. The van der Waals surface area contributed by atoms with Crippen LogP contribution < -0.4 is 5.32 Å². The molecule has 0 aromatic rings. The minimum atomic E-state index is 0.0394. The average molecular weight is 553 g/mol. The van der Waals surface area contributed by atoms with E-state index in [4.69, 9.17) is 0 Å². The van der Waals surface area contributed by atoms with Gasteiger partial charge in [0, 0.05) is 13.5 Å². The summed E-state index contributed by atoms with van der Waals surface area (Å²) in [6.45, 7) is 22.9. The normalized spacial score (nSPS) is 20.8. The molecular formula is C37H64N2O. The molecule has 1 saturated carbocycles. The van der Waals surface area contributed by atoms with Crippen LogP contribution in [0, 0.1) is 10.8 Å². The van der Waals surface area contributed by atoms with E-state index >= 15 is 0 Å². The van der Waals surface area contributed by atoms with Gasteiger partial charge in [-0.3, -0.25) is 4.79 Å². The van der Waals surface area contributed by atoms with Gasteiger partial charge in [0.2, 0.25) is 5.91 Å². The van der Waals surface area contributed by atoms with Crippen molar-refractivity contribution in [1.29, 1.82) is 0 Å². The first-order chi connectivity index (χ1) is 19.3. The fourth-order valence-corrected chi connectivity index (χ4v) is 6.17. The second kappa shape index (κ2) is 21.6. The van der Waals surface area contributed by atoms with Gasteiger partial charge in [-0.05, 0) is 106 Å². The summed E-state index contributed by atoms with van der Waals surface area (Å²) in [7, 11) is 2.25. The quantitative estimate of drug-likeness (QED) is 0.352. The van der Waals surface area contributed by atoms with E-state index in [1.165, 1.54) is 83.4 Å². The third kappa shape index (κ3) is 12.6. The standard InChI is InChI=1S/C15H21N.C14H22.C4H9NO.2C2H6/c1-16-11-9-15(10-12-16)8-7-13-5-3-2-4-6-14(13)15;1-4-6-10-13(5-2)14(3)11-8-7-9-12-14;1-3-5-4(2)6;2*1-2/h3-6H,2,7-12H2,1H3;4-6,10H,1,7-9,11-12H2,2-3H3;3H2,1-2H3,(H,5,6);2*1-2H3/b;10-6-,13-5+;;;. The number of fused-ring (bicyclic) bond motifs is 1. The molecule has 228 valence electrons. The number of nitrogens with one attached hydrogen (secondary N) is 1. The lowest BCUT2D eigenvalue weighted by atomic mass is 9.70. The third-order valence-corrected chi connectivity index (χ3v) is 8.41. The number of amides is 1. The fraction of sp³-hybridized carbons (Fsp3) is 0.649. The van der Waals surface area contributed by atoms with E-state index in [2.05, 4.69) is 80.2 Å². The van der Waals surface area contributed by atoms with Gasteiger partial charge in [0.1, 0.15) is 0 Å². The molecule has 0 unspecified atom stereocenters. The van der Waals surface area contributed by atoms with Crippen molar-refractivity contribution in [1.82, 2.24) is 10.2 Å². The van der Waals surface area contributed by atoms with Gasteiger partial charge in [-0.1, -0.05) is 109 Å². The predicted molar refractivity (Wildman–Crippen MR) is 180 cm³/mol. The number of likely N-dealkylation sites (tertiary alicyclic amines) is 1. The van der Waals surface area contributed by atoms with Crippen molar-refractivity contribution in [3.8, 4) is 0 Å². The molecule has 1 saturated heterocycles. The Bertz CT molecular complexity index is 857. The van der Waals surface area contributed by atoms with Crippen LogP contribution in [0.15, 0.2) is 71.9 Å². The summed E-state index contributed by atoms with van der Waals surface area (Å²) >= 11 is 0. The Hall–Kier alpha value is -2.13. The molecule has 4 rings (SSSR count). The molecule has 40 heavy (non-hydrogen) atoms. The Kier molecular flexibility index (Phi) is 20.4. The molecule has 0 bridgehead atoms. The minimum Gasteiger partial charge on any atom is -0.357 e. The van der Waals surface area contributed by atoms with E-state index < -0.39 is 0 Å². The second-order valence-electron chi connectivity index (χ2n) is 11.1. The van der Waals surface area contributed by atoms with E-state index in [0.29, 0.717) is 10.8 Å². The molecule has 3 heteroatoms. The van der Waals surface area contributed by atoms with Gasteiger partial charge in [-0.15, -0.1) is 0 Å². The predicted octanol–water partition coefficient (Wildman–Crippen LogP) is 10.1. The van der Waals surface area contributed by atoms with E-state index in [-0.39, 0.29) is 5.91 Å². The largest absolute Gasteiger partial charge is 0.357 e. The maximum Gasteiger partial charge on any atom is 0.216 e. The Morgan fingerprint density at radius 3 is 2.10 bits per heavy atom. The number of hydrogen-bond donors (Lipinski definition) is 1. The lowest BCUT2D eigenvalue weighted by molar-refractivity contribution is -0.118. The van der Waals surface area contributed by atoms with E-state index in [1.54, 1.807) is 11.1 Å². The van der Waals surface area contributed by atoms with Crippen LogP contribution >= 0.6 is 0 Å². The first-order valence-corrected chi connectivity index (χ1v) is 16.3. The van der Waals surface area contributed by atoms with Gasteiger partial charge >= 0.3 is 0 Å². The lowest BCUT2D eigenvalue weighted by Gasteiger charge is -2.39. The lowest BCUT2D eigenvalue weighted by Crippen LogP contribution is -2.37. The van der Waals surface area contributed by atoms with Crippen LogP contribution in [0.1, 0.15) is 120 Å². The van der Waals surface area contributed by atoms with Gasteiger partial charge in [-0.25, -0.2) is 0 Å². The number of carbonyl (C=O) groups excluding carboxylic acids is 1. The van der Waals surface area contributed by atoms with E-state index in [0.717, 1.165) is 13.0 Å². The molecule has 0 radical (unpaired) electrons. The van der Waals surface area contributed by atoms with Gasteiger partial charge in [-0.2, -0.15) is 0 Å². The number of hydrogen-bond acceptors (Lipinski definition) is 2. The Morgan fingerprint density at radius 1 is 1.00 bits per heavy atom.